The number of amides is 2. The fraction of sp³-hybridized carbons (Fsp3) is 0.211. The third kappa shape index (κ3) is 3.72. The van der Waals surface area contributed by atoms with Crippen molar-refractivity contribution in [3.05, 3.63) is 65.2 Å². The normalized spacial score (nSPS) is 19.5. The smallest absolute Gasteiger partial charge is 0.255 e. The van der Waals surface area contributed by atoms with Crippen molar-refractivity contribution < 1.29 is 9.59 Å². The zero-order valence-corrected chi connectivity index (χ0v) is 15.2. The van der Waals surface area contributed by atoms with E-state index < -0.39 is 5.91 Å². The molecule has 0 saturated carbocycles. The predicted molar refractivity (Wildman–Crippen MR) is 105 cm³/mol. The van der Waals surface area contributed by atoms with Gasteiger partial charge < -0.3 is 16.8 Å². The van der Waals surface area contributed by atoms with Crippen molar-refractivity contribution >= 4 is 34.4 Å². The Morgan fingerprint density at radius 3 is 2.50 bits per heavy atom. The summed E-state index contributed by atoms with van der Waals surface area (Å²) >= 11 is 1.55. The summed E-state index contributed by atoms with van der Waals surface area (Å²) in [5.41, 5.74) is 13.0. The minimum absolute atomic E-state index is 0.273. The topological polar surface area (TPSA) is 111 Å². The summed E-state index contributed by atoms with van der Waals surface area (Å²) in [6, 6.07) is 13.9. The molecule has 2 aromatic rings. The molecule has 1 unspecified atom stereocenters. The Balaban J connectivity index is 1.80. The van der Waals surface area contributed by atoms with Crippen molar-refractivity contribution in [3.63, 3.8) is 0 Å². The van der Waals surface area contributed by atoms with Crippen molar-refractivity contribution in [2.75, 3.05) is 11.1 Å². The van der Waals surface area contributed by atoms with Crippen molar-refractivity contribution in [1.29, 1.82) is 0 Å². The van der Waals surface area contributed by atoms with E-state index in [2.05, 4.69) is 10.3 Å². The molecule has 134 valence electrons. The Labute approximate surface area is 156 Å². The third-order valence-electron chi connectivity index (χ3n) is 4.41. The van der Waals surface area contributed by atoms with E-state index in [1.165, 1.54) is 0 Å². The lowest BCUT2D eigenvalue weighted by Gasteiger charge is -2.29. The Morgan fingerprint density at radius 2 is 1.85 bits per heavy atom. The van der Waals surface area contributed by atoms with Crippen molar-refractivity contribution in [3.8, 4) is 0 Å². The minimum Gasteiger partial charge on any atom is -0.379 e. The van der Waals surface area contributed by atoms with Crippen LogP contribution in [0.3, 0.4) is 0 Å². The van der Waals surface area contributed by atoms with Crippen LogP contribution in [-0.2, 0) is 5.54 Å². The first kappa shape index (κ1) is 18.0. The van der Waals surface area contributed by atoms with Crippen LogP contribution in [0.2, 0.25) is 0 Å². The van der Waals surface area contributed by atoms with Gasteiger partial charge in [0.05, 0.1) is 16.8 Å². The van der Waals surface area contributed by atoms with Crippen LogP contribution < -0.4 is 16.8 Å². The number of primary amides is 1. The third-order valence-corrected chi connectivity index (χ3v) is 5.20. The van der Waals surface area contributed by atoms with E-state index in [9.17, 15) is 9.59 Å². The number of hydrogen-bond acceptors (Lipinski definition) is 5. The molecule has 0 fully saturated rings. The van der Waals surface area contributed by atoms with E-state index in [4.69, 9.17) is 11.5 Å². The van der Waals surface area contributed by atoms with Gasteiger partial charge in [-0.05, 0) is 43.2 Å². The first-order valence-corrected chi connectivity index (χ1v) is 9.16. The number of nitrogens with one attached hydrogen (secondary N) is 1. The lowest BCUT2D eigenvalue weighted by molar-refractivity contribution is 0.100. The van der Waals surface area contributed by atoms with Crippen LogP contribution in [0.25, 0.3) is 0 Å². The highest BCUT2D eigenvalue weighted by atomic mass is 32.2. The highest BCUT2D eigenvalue weighted by Gasteiger charge is 2.29. The van der Waals surface area contributed by atoms with Crippen LogP contribution >= 0.6 is 11.8 Å². The molecule has 0 saturated heterocycles. The summed E-state index contributed by atoms with van der Waals surface area (Å²) in [6.07, 6.45) is 0.885. The number of benzene rings is 2. The highest BCUT2D eigenvalue weighted by molar-refractivity contribution is 8.13. The number of anilines is 1. The summed E-state index contributed by atoms with van der Waals surface area (Å²) in [4.78, 5) is 28.5. The van der Waals surface area contributed by atoms with Crippen LogP contribution in [0.4, 0.5) is 5.69 Å². The number of aliphatic imine (C=N–C) groups is 1. The molecule has 2 amide bonds. The number of thioether (sulfide) groups is 1. The first-order valence-electron chi connectivity index (χ1n) is 8.18. The lowest BCUT2D eigenvalue weighted by Crippen LogP contribution is -2.28. The minimum atomic E-state index is -0.588. The van der Waals surface area contributed by atoms with Crippen LogP contribution in [0.5, 0.6) is 0 Å². The Bertz CT molecular complexity index is 879. The Hall–Kier alpha value is -2.80. The largest absolute Gasteiger partial charge is 0.379 e. The summed E-state index contributed by atoms with van der Waals surface area (Å²) in [5, 5.41) is 3.32. The van der Waals surface area contributed by atoms with Gasteiger partial charge in [0.15, 0.2) is 5.17 Å². The number of carbonyl (C=O) groups is 2. The quantitative estimate of drug-likeness (QED) is 0.770. The Morgan fingerprint density at radius 1 is 1.15 bits per heavy atom. The van der Waals surface area contributed by atoms with E-state index in [1.807, 2.05) is 19.1 Å². The molecular weight excluding hydrogens is 348 g/mol. The maximum atomic E-state index is 12.5. The van der Waals surface area contributed by atoms with Gasteiger partial charge in [0.1, 0.15) is 0 Å². The predicted octanol–water partition coefficient (Wildman–Crippen LogP) is 2.70. The van der Waals surface area contributed by atoms with Gasteiger partial charge in [-0.25, -0.2) is 0 Å². The standard InChI is InChI=1S/C19H20N4O2S/c1-19(10-11-26-18(21)23-19)13-8-6-12(7-9-13)17(25)22-15-5-3-2-4-14(15)16(20)24/h2-9H,10-11H2,1H3,(H2,20,24)(H2,21,23)(H,22,25). The van der Waals surface area contributed by atoms with Gasteiger partial charge in [-0.3, -0.25) is 14.6 Å². The average molecular weight is 368 g/mol. The van der Waals surface area contributed by atoms with Gasteiger partial charge in [0.2, 0.25) is 0 Å². The zero-order chi connectivity index (χ0) is 18.7. The summed E-state index contributed by atoms with van der Waals surface area (Å²) in [7, 11) is 0. The molecule has 5 N–H and O–H groups in total. The second-order valence-corrected chi connectivity index (χ2v) is 7.38. The highest BCUT2D eigenvalue weighted by Crippen LogP contribution is 2.35. The summed E-state index contributed by atoms with van der Waals surface area (Å²) in [5.74, 6) is 0.0187. The second-order valence-electron chi connectivity index (χ2n) is 6.26. The molecule has 1 atom stereocenters. The van der Waals surface area contributed by atoms with Gasteiger partial charge in [-0.15, -0.1) is 0 Å². The van der Waals surface area contributed by atoms with Crippen LogP contribution in [0.15, 0.2) is 53.5 Å². The molecule has 1 aliphatic heterocycles. The molecule has 0 bridgehead atoms. The molecule has 3 rings (SSSR count). The van der Waals surface area contributed by atoms with Gasteiger partial charge in [-0.2, -0.15) is 0 Å². The molecule has 1 heterocycles. The number of rotatable bonds is 4. The molecule has 0 aliphatic carbocycles. The number of hydrogen-bond donors (Lipinski definition) is 3. The van der Waals surface area contributed by atoms with Gasteiger partial charge >= 0.3 is 0 Å². The fourth-order valence-electron chi connectivity index (χ4n) is 2.88. The number of nitrogens with zero attached hydrogens (tertiary/aromatic N) is 1. The molecule has 0 spiro atoms. The number of para-hydroxylation sites is 1. The van der Waals surface area contributed by atoms with Gasteiger partial charge in [0.25, 0.3) is 11.8 Å². The molecule has 7 heteroatoms. The van der Waals surface area contributed by atoms with Gasteiger partial charge in [0, 0.05) is 11.3 Å². The molecule has 2 aromatic carbocycles. The maximum absolute atomic E-state index is 12.5. The molecule has 0 radical (unpaired) electrons. The molecule has 6 nitrogen and oxygen atoms in total. The summed E-state index contributed by atoms with van der Waals surface area (Å²) in [6.45, 7) is 2.04. The van der Waals surface area contributed by atoms with E-state index in [-0.39, 0.29) is 17.0 Å². The van der Waals surface area contributed by atoms with Gasteiger partial charge in [-0.1, -0.05) is 36.0 Å². The zero-order valence-electron chi connectivity index (χ0n) is 14.4. The molecule has 26 heavy (non-hydrogen) atoms. The second kappa shape index (κ2) is 7.21. The maximum Gasteiger partial charge on any atom is 0.255 e. The Kier molecular flexibility index (Phi) is 4.99. The van der Waals surface area contributed by atoms with E-state index in [0.717, 1.165) is 17.7 Å². The van der Waals surface area contributed by atoms with Crippen molar-refractivity contribution in [2.24, 2.45) is 16.5 Å². The molecular formula is C19H20N4O2S. The van der Waals surface area contributed by atoms with E-state index in [1.54, 1.807) is 48.2 Å². The number of carbonyl (C=O) groups excluding carboxylic acids is 2. The van der Waals surface area contributed by atoms with Crippen LogP contribution in [0.1, 0.15) is 39.6 Å². The number of amidine groups is 1. The average Bonchev–Trinajstić information content (AvgIpc) is 2.62. The van der Waals surface area contributed by atoms with E-state index >= 15 is 0 Å². The van der Waals surface area contributed by atoms with Crippen molar-refractivity contribution in [1.82, 2.24) is 0 Å². The number of nitrogens with two attached hydrogens (primary N) is 2. The van der Waals surface area contributed by atoms with Crippen LogP contribution in [-0.4, -0.2) is 22.7 Å². The first-order chi connectivity index (χ1) is 12.4. The fourth-order valence-corrected chi connectivity index (χ4v) is 3.85. The lowest BCUT2D eigenvalue weighted by atomic mass is 9.89. The van der Waals surface area contributed by atoms with Crippen molar-refractivity contribution in [2.45, 2.75) is 18.9 Å². The summed E-state index contributed by atoms with van der Waals surface area (Å²) < 4.78 is 0. The van der Waals surface area contributed by atoms with E-state index in [0.29, 0.717) is 16.4 Å². The monoisotopic (exact) mass is 368 g/mol. The molecule has 1 aliphatic rings. The molecule has 0 aromatic heterocycles. The SMILES string of the molecule is CC1(c2ccc(C(=O)Nc3ccccc3C(N)=O)cc2)CCSC(N)=N1. The van der Waals surface area contributed by atoms with Crippen LogP contribution in [0, 0.1) is 0 Å².